The summed E-state index contributed by atoms with van der Waals surface area (Å²) < 4.78 is 5.20. The zero-order valence-electron chi connectivity index (χ0n) is 12.3. The van der Waals surface area contributed by atoms with E-state index < -0.39 is 0 Å². The van der Waals surface area contributed by atoms with Gasteiger partial charge in [-0.3, -0.25) is 9.69 Å². The van der Waals surface area contributed by atoms with E-state index in [1.54, 1.807) is 18.2 Å². The SMILES string of the molecule is COc1cc(N)ccc1C(=O)NCC(C)N(C)C1CC1. The van der Waals surface area contributed by atoms with Crippen LogP contribution < -0.4 is 15.8 Å². The van der Waals surface area contributed by atoms with Gasteiger partial charge in [0.1, 0.15) is 5.75 Å². The molecule has 5 heteroatoms. The maximum atomic E-state index is 12.2. The molecule has 1 unspecified atom stereocenters. The van der Waals surface area contributed by atoms with Crippen molar-refractivity contribution in [1.82, 2.24) is 10.2 Å². The Hall–Kier alpha value is -1.75. The number of nitrogen functional groups attached to an aromatic ring is 1. The van der Waals surface area contributed by atoms with E-state index in [-0.39, 0.29) is 5.91 Å². The maximum absolute atomic E-state index is 12.2. The normalized spacial score (nSPS) is 16.0. The number of amides is 1. The highest BCUT2D eigenvalue weighted by Crippen LogP contribution is 2.26. The molecule has 0 spiro atoms. The number of methoxy groups -OCH3 is 1. The molecule has 0 bridgehead atoms. The molecule has 0 heterocycles. The molecule has 1 aliphatic rings. The van der Waals surface area contributed by atoms with Crippen LogP contribution in [0.5, 0.6) is 5.75 Å². The van der Waals surface area contributed by atoms with E-state index in [1.165, 1.54) is 20.0 Å². The average molecular weight is 277 g/mol. The first-order valence-corrected chi connectivity index (χ1v) is 6.96. The van der Waals surface area contributed by atoms with Crippen molar-refractivity contribution >= 4 is 11.6 Å². The van der Waals surface area contributed by atoms with Gasteiger partial charge in [-0.15, -0.1) is 0 Å². The Morgan fingerprint density at radius 1 is 1.55 bits per heavy atom. The fraction of sp³-hybridized carbons (Fsp3) is 0.533. The van der Waals surface area contributed by atoms with Gasteiger partial charge in [0.2, 0.25) is 0 Å². The van der Waals surface area contributed by atoms with Gasteiger partial charge >= 0.3 is 0 Å². The summed E-state index contributed by atoms with van der Waals surface area (Å²) in [7, 11) is 3.65. The second-order valence-corrected chi connectivity index (χ2v) is 5.42. The van der Waals surface area contributed by atoms with Crippen LogP contribution in [0.3, 0.4) is 0 Å². The van der Waals surface area contributed by atoms with E-state index in [4.69, 9.17) is 10.5 Å². The molecule has 0 radical (unpaired) electrons. The number of ether oxygens (including phenoxy) is 1. The lowest BCUT2D eigenvalue weighted by atomic mass is 10.1. The van der Waals surface area contributed by atoms with Gasteiger partial charge in [0.05, 0.1) is 12.7 Å². The number of carbonyl (C=O) groups is 1. The highest BCUT2D eigenvalue weighted by Gasteiger charge is 2.29. The van der Waals surface area contributed by atoms with Gasteiger partial charge in [-0.25, -0.2) is 0 Å². The second-order valence-electron chi connectivity index (χ2n) is 5.42. The number of nitrogens with zero attached hydrogens (tertiary/aromatic N) is 1. The van der Waals surface area contributed by atoms with Crippen LogP contribution in [0, 0.1) is 0 Å². The Bertz CT molecular complexity index is 486. The molecule has 3 N–H and O–H groups in total. The van der Waals surface area contributed by atoms with Gasteiger partial charge in [-0.05, 0) is 38.9 Å². The van der Waals surface area contributed by atoms with Crippen molar-refractivity contribution in [1.29, 1.82) is 0 Å². The summed E-state index contributed by atoms with van der Waals surface area (Å²) in [6, 6.07) is 6.07. The molecule has 5 nitrogen and oxygen atoms in total. The lowest BCUT2D eigenvalue weighted by Crippen LogP contribution is -2.41. The lowest BCUT2D eigenvalue weighted by Gasteiger charge is -2.24. The number of hydrogen-bond donors (Lipinski definition) is 2. The minimum Gasteiger partial charge on any atom is -0.496 e. The van der Waals surface area contributed by atoms with Crippen molar-refractivity contribution in [2.75, 3.05) is 26.4 Å². The minimum atomic E-state index is -0.127. The summed E-state index contributed by atoms with van der Waals surface area (Å²) >= 11 is 0. The third kappa shape index (κ3) is 3.42. The Labute approximate surface area is 120 Å². The molecule has 2 rings (SSSR count). The van der Waals surface area contributed by atoms with Crippen LogP contribution in [-0.2, 0) is 0 Å². The van der Waals surface area contributed by atoms with Crippen molar-refractivity contribution in [3.8, 4) is 5.75 Å². The molecule has 110 valence electrons. The first-order valence-electron chi connectivity index (χ1n) is 6.96. The maximum Gasteiger partial charge on any atom is 0.255 e. The lowest BCUT2D eigenvalue weighted by molar-refractivity contribution is 0.0936. The third-order valence-corrected chi connectivity index (χ3v) is 3.85. The standard InChI is InChI=1S/C15H23N3O2/c1-10(18(2)12-5-6-12)9-17-15(19)13-7-4-11(16)8-14(13)20-3/h4,7-8,10,12H,5-6,9,16H2,1-3H3,(H,17,19). The summed E-state index contributed by atoms with van der Waals surface area (Å²) in [5, 5.41) is 2.96. The average Bonchev–Trinajstić information content (AvgIpc) is 3.27. The molecule has 0 aliphatic heterocycles. The number of benzene rings is 1. The predicted octanol–water partition coefficient (Wildman–Crippen LogP) is 1.49. The molecule has 1 fully saturated rings. The summed E-state index contributed by atoms with van der Waals surface area (Å²) in [5.41, 5.74) is 6.79. The molecule has 1 atom stereocenters. The fourth-order valence-electron chi connectivity index (χ4n) is 2.22. The van der Waals surface area contributed by atoms with Crippen molar-refractivity contribution in [3.63, 3.8) is 0 Å². The number of nitrogens with two attached hydrogens (primary N) is 1. The molecule has 1 aromatic rings. The van der Waals surface area contributed by atoms with Crippen LogP contribution in [0.2, 0.25) is 0 Å². The molecule has 0 aromatic heterocycles. The van der Waals surface area contributed by atoms with Gasteiger partial charge in [0.15, 0.2) is 0 Å². The monoisotopic (exact) mass is 277 g/mol. The van der Waals surface area contributed by atoms with Crippen LogP contribution >= 0.6 is 0 Å². The van der Waals surface area contributed by atoms with Gasteiger partial charge < -0.3 is 15.8 Å². The van der Waals surface area contributed by atoms with Gasteiger partial charge in [-0.1, -0.05) is 0 Å². The second kappa shape index (κ2) is 6.13. The van der Waals surface area contributed by atoms with Crippen molar-refractivity contribution in [2.45, 2.75) is 31.8 Å². The van der Waals surface area contributed by atoms with Gasteiger partial charge in [0.25, 0.3) is 5.91 Å². The molecule has 0 saturated heterocycles. The third-order valence-electron chi connectivity index (χ3n) is 3.85. The van der Waals surface area contributed by atoms with Crippen LogP contribution in [0.15, 0.2) is 18.2 Å². The minimum absolute atomic E-state index is 0.127. The van der Waals surface area contributed by atoms with Gasteiger partial charge in [-0.2, -0.15) is 0 Å². The number of nitrogens with one attached hydrogen (secondary N) is 1. The smallest absolute Gasteiger partial charge is 0.255 e. The zero-order valence-corrected chi connectivity index (χ0v) is 12.3. The zero-order chi connectivity index (χ0) is 14.7. The van der Waals surface area contributed by atoms with Gasteiger partial charge in [0, 0.05) is 30.4 Å². The molecule has 1 amide bonds. The van der Waals surface area contributed by atoms with E-state index in [9.17, 15) is 4.79 Å². The topological polar surface area (TPSA) is 67.6 Å². The molecule has 1 saturated carbocycles. The number of likely N-dealkylation sites (N-methyl/N-ethyl adjacent to an activating group) is 1. The highest BCUT2D eigenvalue weighted by molar-refractivity contribution is 5.97. The van der Waals surface area contributed by atoms with E-state index >= 15 is 0 Å². The van der Waals surface area contributed by atoms with Crippen LogP contribution in [0.1, 0.15) is 30.1 Å². The number of rotatable bonds is 6. The number of carbonyl (C=O) groups excluding carboxylic acids is 1. The Kier molecular flexibility index (Phi) is 4.49. The van der Waals surface area contributed by atoms with E-state index in [0.717, 1.165) is 0 Å². The largest absolute Gasteiger partial charge is 0.496 e. The summed E-state index contributed by atoms with van der Waals surface area (Å²) in [5.74, 6) is 0.378. The first-order chi connectivity index (χ1) is 9.52. The predicted molar refractivity (Wildman–Crippen MR) is 80.0 cm³/mol. The Morgan fingerprint density at radius 3 is 2.85 bits per heavy atom. The van der Waals surface area contributed by atoms with E-state index in [2.05, 4.69) is 24.2 Å². The summed E-state index contributed by atoms with van der Waals surface area (Å²) in [4.78, 5) is 14.5. The van der Waals surface area contributed by atoms with Crippen LogP contribution in [0.25, 0.3) is 0 Å². The van der Waals surface area contributed by atoms with Crippen LogP contribution in [0.4, 0.5) is 5.69 Å². The quantitative estimate of drug-likeness (QED) is 0.773. The highest BCUT2D eigenvalue weighted by atomic mass is 16.5. The number of hydrogen-bond acceptors (Lipinski definition) is 4. The number of anilines is 1. The first kappa shape index (κ1) is 14.7. The van der Waals surface area contributed by atoms with E-state index in [1.807, 2.05) is 0 Å². The summed E-state index contributed by atoms with van der Waals surface area (Å²) in [6.07, 6.45) is 2.53. The fourth-order valence-corrected chi connectivity index (χ4v) is 2.22. The molecular formula is C15H23N3O2. The van der Waals surface area contributed by atoms with Crippen LogP contribution in [-0.4, -0.2) is 43.6 Å². The van der Waals surface area contributed by atoms with Crippen molar-refractivity contribution < 1.29 is 9.53 Å². The Morgan fingerprint density at radius 2 is 2.25 bits per heavy atom. The van der Waals surface area contributed by atoms with E-state index in [0.29, 0.717) is 35.6 Å². The molecule has 20 heavy (non-hydrogen) atoms. The summed E-state index contributed by atoms with van der Waals surface area (Å²) in [6.45, 7) is 2.75. The van der Waals surface area contributed by atoms with Crippen molar-refractivity contribution in [3.05, 3.63) is 23.8 Å². The van der Waals surface area contributed by atoms with Crippen molar-refractivity contribution in [2.24, 2.45) is 0 Å². The Balaban J connectivity index is 1.94. The molecule has 1 aromatic carbocycles. The molecule has 1 aliphatic carbocycles. The molecular weight excluding hydrogens is 254 g/mol.